The van der Waals surface area contributed by atoms with E-state index >= 15 is 0 Å². The fourth-order valence-electron chi connectivity index (χ4n) is 1.55. The Hall–Kier alpha value is -0.300. The molecule has 0 aromatic carbocycles. The lowest BCUT2D eigenvalue weighted by atomic mass is 9.92. The van der Waals surface area contributed by atoms with E-state index in [1.165, 1.54) is 18.4 Å². The first-order chi connectivity index (χ1) is 4.83. The first-order valence-corrected chi connectivity index (χ1v) is 4.19. The van der Waals surface area contributed by atoms with Crippen molar-refractivity contribution in [2.75, 3.05) is 0 Å². The topological polar surface area (TPSA) is 20.2 Å². The number of rotatable bonds is 1. The van der Waals surface area contributed by atoms with Gasteiger partial charge in [0, 0.05) is 0 Å². The molecule has 0 unspecified atom stereocenters. The fraction of sp³-hybridized carbons (Fsp3) is 0.778. The predicted octanol–water partition coefficient (Wildman–Crippen LogP) is 2.26. The second-order valence-corrected chi connectivity index (χ2v) is 3.02. The van der Waals surface area contributed by atoms with Gasteiger partial charge in [-0.05, 0) is 32.1 Å². The van der Waals surface area contributed by atoms with Crippen molar-refractivity contribution in [1.82, 2.24) is 0 Å². The van der Waals surface area contributed by atoms with Crippen molar-refractivity contribution >= 4 is 0 Å². The number of hydrogen-bond acceptors (Lipinski definition) is 1. The van der Waals surface area contributed by atoms with Crippen LogP contribution in [0.25, 0.3) is 0 Å². The van der Waals surface area contributed by atoms with E-state index in [1.54, 1.807) is 0 Å². The quantitative estimate of drug-likeness (QED) is 0.554. The lowest BCUT2D eigenvalue weighted by molar-refractivity contribution is 0.149. The third-order valence-electron chi connectivity index (χ3n) is 2.03. The molecule has 1 rings (SSSR count). The third kappa shape index (κ3) is 2.14. The van der Waals surface area contributed by atoms with Crippen molar-refractivity contribution in [3.63, 3.8) is 0 Å². The van der Waals surface area contributed by atoms with E-state index in [4.69, 9.17) is 0 Å². The summed E-state index contributed by atoms with van der Waals surface area (Å²) in [6.45, 7) is 2.15. The van der Waals surface area contributed by atoms with Crippen LogP contribution in [-0.4, -0.2) is 11.2 Å². The number of aliphatic hydroxyl groups is 1. The van der Waals surface area contributed by atoms with Crippen molar-refractivity contribution in [3.8, 4) is 0 Å². The second-order valence-electron chi connectivity index (χ2n) is 3.02. The molecule has 0 aromatic heterocycles. The lowest BCUT2D eigenvalue weighted by Crippen LogP contribution is -2.12. The number of allylic oxidation sites excluding steroid dienone is 1. The van der Waals surface area contributed by atoms with Crippen LogP contribution in [0.1, 0.15) is 39.0 Å². The van der Waals surface area contributed by atoms with Crippen LogP contribution in [-0.2, 0) is 0 Å². The highest BCUT2D eigenvalue weighted by atomic mass is 16.3. The zero-order valence-corrected chi connectivity index (χ0v) is 6.64. The van der Waals surface area contributed by atoms with Crippen molar-refractivity contribution < 1.29 is 5.11 Å². The van der Waals surface area contributed by atoms with Gasteiger partial charge in [-0.25, -0.2) is 0 Å². The van der Waals surface area contributed by atoms with Crippen molar-refractivity contribution in [2.45, 2.75) is 45.1 Å². The van der Waals surface area contributed by atoms with Gasteiger partial charge in [0.15, 0.2) is 0 Å². The van der Waals surface area contributed by atoms with E-state index in [0.29, 0.717) is 0 Å². The van der Waals surface area contributed by atoms with Gasteiger partial charge in [0.1, 0.15) is 0 Å². The van der Waals surface area contributed by atoms with E-state index in [9.17, 15) is 5.11 Å². The Kier molecular flexibility index (Phi) is 2.94. The molecule has 1 atom stereocenters. The van der Waals surface area contributed by atoms with Crippen LogP contribution in [0.5, 0.6) is 0 Å². The highest BCUT2D eigenvalue weighted by Gasteiger charge is 2.12. The summed E-state index contributed by atoms with van der Waals surface area (Å²) in [4.78, 5) is 0. The minimum Gasteiger partial charge on any atom is -0.393 e. The Morgan fingerprint density at radius 2 is 2.50 bits per heavy atom. The molecule has 10 heavy (non-hydrogen) atoms. The van der Waals surface area contributed by atoms with E-state index in [-0.39, 0.29) is 6.10 Å². The second kappa shape index (κ2) is 3.77. The van der Waals surface area contributed by atoms with Crippen LogP contribution in [0.15, 0.2) is 11.6 Å². The first kappa shape index (κ1) is 7.80. The molecule has 1 fully saturated rings. The summed E-state index contributed by atoms with van der Waals surface area (Å²) in [7, 11) is 0. The normalized spacial score (nSPS) is 31.0. The molecule has 0 heterocycles. The minimum absolute atomic E-state index is 0.0495. The molecule has 1 nitrogen and oxygen atoms in total. The van der Waals surface area contributed by atoms with E-state index in [0.717, 1.165) is 19.3 Å². The van der Waals surface area contributed by atoms with Gasteiger partial charge in [-0.3, -0.25) is 0 Å². The molecule has 0 bridgehead atoms. The Labute approximate surface area is 62.8 Å². The number of hydrogen-bond donors (Lipinski definition) is 1. The molecule has 1 saturated carbocycles. The highest BCUT2D eigenvalue weighted by Crippen LogP contribution is 2.23. The van der Waals surface area contributed by atoms with Crippen LogP contribution in [0, 0.1) is 0 Å². The largest absolute Gasteiger partial charge is 0.393 e. The Morgan fingerprint density at radius 1 is 1.70 bits per heavy atom. The van der Waals surface area contributed by atoms with Crippen LogP contribution in [0.4, 0.5) is 0 Å². The van der Waals surface area contributed by atoms with Crippen molar-refractivity contribution in [1.29, 1.82) is 0 Å². The summed E-state index contributed by atoms with van der Waals surface area (Å²) >= 11 is 0. The zero-order valence-electron chi connectivity index (χ0n) is 6.64. The lowest BCUT2D eigenvalue weighted by Gasteiger charge is -2.19. The average molecular weight is 140 g/mol. The highest BCUT2D eigenvalue weighted by molar-refractivity contribution is 5.05. The SMILES string of the molecule is CC/C=C1\CCC[C@@H](O)C1. The molecule has 0 amide bonds. The molecule has 1 aliphatic rings. The Bertz CT molecular complexity index is 127. The van der Waals surface area contributed by atoms with E-state index in [2.05, 4.69) is 13.0 Å². The van der Waals surface area contributed by atoms with Gasteiger partial charge in [0.2, 0.25) is 0 Å². The summed E-state index contributed by atoms with van der Waals surface area (Å²) in [5.74, 6) is 0. The molecule has 0 saturated heterocycles. The summed E-state index contributed by atoms with van der Waals surface area (Å²) in [6.07, 6.45) is 7.63. The van der Waals surface area contributed by atoms with Gasteiger partial charge in [-0.1, -0.05) is 18.6 Å². The van der Waals surface area contributed by atoms with Gasteiger partial charge >= 0.3 is 0 Å². The maximum absolute atomic E-state index is 9.27. The molecule has 0 radical (unpaired) electrons. The van der Waals surface area contributed by atoms with Gasteiger partial charge in [0.05, 0.1) is 6.10 Å². The Balaban J connectivity index is 2.39. The predicted molar refractivity (Wildman–Crippen MR) is 42.8 cm³/mol. The molecule has 0 aromatic rings. The molecular formula is C9H16O. The molecular weight excluding hydrogens is 124 g/mol. The summed E-state index contributed by atoms with van der Waals surface area (Å²) in [6, 6.07) is 0. The minimum atomic E-state index is -0.0495. The molecule has 1 N–H and O–H groups in total. The summed E-state index contributed by atoms with van der Waals surface area (Å²) in [5.41, 5.74) is 1.46. The zero-order chi connectivity index (χ0) is 7.40. The fourth-order valence-corrected chi connectivity index (χ4v) is 1.55. The Morgan fingerprint density at radius 3 is 3.10 bits per heavy atom. The van der Waals surface area contributed by atoms with E-state index in [1.807, 2.05) is 0 Å². The average Bonchev–Trinajstić information content (AvgIpc) is 1.88. The van der Waals surface area contributed by atoms with Crippen LogP contribution in [0.2, 0.25) is 0 Å². The summed E-state index contributed by atoms with van der Waals surface area (Å²) < 4.78 is 0. The molecule has 0 aliphatic heterocycles. The third-order valence-corrected chi connectivity index (χ3v) is 2.03. The van der Waals surface area contributed by atoms with Crippen molar-refractivity contribution in [2.24, 2.45) is 0 Å². The maximum Gasteiger partial charge on any atom is 0.0577 e. The molecule has 0 spiro atoms. The molecule has 58 valence electrons. The standard InChI is InChI=1S/C9H16O/c1-2-4-8-5-3-6-9(10)7-8/h4,9-10H,2-3,5-7H2,1H3/b8-4+/t9-/m1/s1. The number of aliphatic hydroxyl groups excluding tert-OH is 1. The van der Waals surface area contributed by atoms with Gasteiger partial charge in [0.25, 0.3) is 0 Å². The molecule has 1 heteroatoms. The monoisotopic (exact) mass is 140 g/mol. The summed E-state index contributed by atoms with van der Waals surface area (Å²) in [5, 5.41) is 9.27. The van der Waals surface area contributed by atoms with Crippen molar-refractivity contribution in [3.05, 3.63) is 11.6 Å². The first-order valence-electron chi connectivity index (χ1n) is 4.19. The van der Waals surface area contributed by atoms with Gasteiger partial charge in [-0.15, -0.1) is 0 Å². The van der Waals surface area contributed by atoms with E-state index < -0.39 is 0 Å². The maximum atomic E-state index is 9.27. The smallest absolute Gasteiger partial charge is 0.0577 e. The molecule has 1 aliphatic carbocycles. The van der Waals surface area contributed by atoms with Crippen LogP contribution in [0.3, 0.4) is 0 Å². The van der Waals surface area contributed by atoms with Crippen LogP contribution >= 0.6 is 0 Å². The van der Waals surface area contributed by atoms with Crippen LogP contribution < -0.4 is 0 Å². The van der Waals surface area contributed by atoms with Gasteiger partial charge < -0.3 is 5.11 Å². The van der Waals surface area contributed by atoms with Gasteiger partial charge in [-0.2, -0.15) is 0 Å².